The average molecular weight is 334 g/mol. The number of thiazole rings is 1. The van der Waals surface area contributed by atoms with Crippen molar-refractivity contribution in [3.8, 4) is 5.75 Å². The van der Waals surface area contributed by atoms with E-state index in [1.54, 1.807) is 11.3 Å². The van der Waals surface area contributed by atoms with E-state index >= 15 is 0 Å². The third kappa shape index (κ3) is 2.80. The number of rotatable bonds is 4. The van der Waals surface area contributed by atoms with Crippen LogP contribution in [0.2, 0.25) is 0 Å². The predicted octanol–water partition coefficient (Wildman–Crippen LogP) is 4.77. The topological polar surface area (TPSA) is 22.1 Å². The van der Waals surface area contributed by atoms with Crippen molar-refractivity contribution in [2.24, 2.45) is 0 Å². The number of hydrogen-bond acceptors (Lipinski definition) is 3. The molecule has 0 atom stereocenters. The van der Waals surface area contributed by atoms with E-state index in [0.29, 0.717) is 6.61 Å². The van der Waals surface area contributed by atoms with Crippen LogP contribution in [0.1, 0.15) is 10.6 Å². The van der Waals surface area contributed by atoms with Crippen LogP contribution < -0.4 is 4.74 Å². The summed E-state index contributed by atoms with van der Waals surface area (Å²) in [6.07, 6.45) is 0. The lowest BCUT2D eigenvalue weighted by Gasteiger charge is -2.07. The van der Waals surface area contributed by atoms with Gasteiger partial charge in [-0.15, -0.1) is 11.3 Å². The summed E-state index contributed by atoms with van der Waals surface area (Å²) in [5.74, 6) is 0.915. The summed E-state index contributed by atoms with van der Waals surface area (Å²) < 4.78 is 7.07. The van der Waals surface area contributed by atoms with Gasteiger partial charge in [-0.1, -0.05) is 46.3 Å². The van der Waals surface area contributed by atoms with Gasteiger partial charge >= 0.3 is 0 Å². The minimum Gasteiger partial charge on any atom is -0.486 e. The molecule has 0 N–H and O–H groups in total. The van der Waals surface area contributed by atoms with E-state index in [0.717, 1.165) is 27.2 Å². The molecule has 2 nitrogen and oxygen atoms in total. The monoisotopic (exact) mass is 333 g/mol. The second-order valence-corrected chi connectivity index (χ2v) is 5.78. The molecule has 0 amide bonds. The van der Waals surface area contributed by atoms with Crippen LogP contribution >= 0.6 is 27.3 Å². The van der Waals surface area contributed by atoms with E-state index in [2.05, 4.69) is 33.0 Å². The van der Waals surface area contributed by atoms with Crippen molar-refractivity contribution in [1.82, 2.24) is 4.98 Å². The Morgan fingerprint density at radius 3 is 2.68 bits per heavy atom. The van der Waals surface area contributed by atoms with Crippen molar-refractivity contribution in [1.29, 1.82) is 0 Å². The smallest absolute Gasteiger partial charge is 0.140 e. The number of ether oxygens (including phenoxy) is 1. The first-order chi connectivity index (χ1) is 9.36. The number of nitrogens with zero attached hydrogens (tertiary/aromatic N) is 1. The largest absolute Gasteiger partial charge is 0.486 e. The molecule has 0 aliphatic carbocycles. The number of para-hydroxylation sites is 2. The third-order valence-electron chi connectivity index (χ3n) is 2.81. The first-order valence-corrected chi connectivity index (χ1v) is 7.92. The summed E-state index contributed by atoms with van der Waals surface area (Å²) in [5.41, 5.74) is 2.20. The molecule has 0 radical (unpaired) electrons. The molecule has 0 bridgehead atoms. The van der Waals surface area contributed by atoms with Crippen LogP contribution in [0.15, 0.2) is 48.5 Å². The van der Waals surface area contributed by atoms with E-state index in [1.165, 1.54) is 4.70 Å². The summed E-state index contributed by atoms with van der Waals surface area (Å²) in [5, 5.41) is 1.80. The van der Waals surface area contributed by atoms with Crippen LogP contribution in [-0.2, 0) is 11.9 Å². The fraction of sp³-hybridized carbons (Fsp3) is 0.133. The minimum absolute atomic E-state index is 0.517. The summed E-state index contributed by atoms with van der Waals surface area (Å²) in [4.78, 5) is 4.57. The molecule has 96 valence electrons. The van der Waals surface area contributed by atoms with Crippen molar-refractivity contribution in [2.75, 3.05) is 0 Å². The molecule has 0 aliphatic rings. The lowest BCUT2D eigenvalue weighted by Crippen LogP contribution is -1.96. The fourth-order valence-corrected chi connectivity index (χ4v) is 3.22. The Morgan fingerprint density at radius 2 is 1.84 bits per heavy atom. The zero-order valence-corrected chi connectivity index (χ0v) is 12.6. The van der Waals surface area contributed by atoms with Gasteiger partial charge in [-0.2, -0.15) is 0 Å². The van der Waals surface area contributed by atoms with Crippen molar-refractivity contribution in [3.63, 3.8) is 0 Å². The molecule has 0 saturated heterocycles. The van der Waals surface area contributed by atoms with E-state index in [-0.39, 0.29) is 0 Å². The molecule has 0 unspecified atom stereocenters. The quantitative estimate of drug-likeness (QED) is 0.641. The third-order valence-corrected chi connectivity index (χ3v) is 4.42. The molecule has 0 spiro atoms. The first-order valence-electron chi connectivity index (χ1n) is 5.98. The Labute approximate surface area is 124 Å². The molecule has 1 heterocycles. The van der Waals surface area contributed by atoms with E-state index in [1.807, 2.05) is 36.4 Å². The van der Waals surface area contributed by atoms with Gasteiger partial charge < -0.3 is 4.74 Å². The predicted molar refractivity (Wildman–Crippen MR) is 83.0 cm³/mol. The lowest BCUT2D eigenvalue weighted by molar-refractivity contribution is 0.303. The normalized spacial score (nSPS) is 10.8. The van der Waals surface area contributed by atoms with Crippen molar-refractivity contribution in [2.45, 2.75) is 11.9 Å². The number of aromatic nitrogens is 1. The Balaban J connectivity index is 1.78. The van der Waals surface area contributed by atoms with Crippen LogP contribution in [0.3, 0.4) is 0 Å². The lowest BCUT2D eigenvalue weighted by atomic mass is 10.2. The number of fused-ring (bicyclic) bond motifs is 1. The van der Waals surface area contributed by atoms with Crippen LogP contribution in [-0.4, -0.2) is 4.98 Å². The zero-order valence-electron chi connectivity index (χ0n) is 10.2. The fourth-order valence-electron chi connectivity index (χ4n) is 1.88. The van der Waals surface area contributed by atoms with Crippen molar-refractivity contribution >= 4 is 37.5 Å². The van der Waals surface area contributed by atoms with Gasteiger partial charge in [0.25, 0.3) is 0 Å². The maximum Gasteiger partial charge on any atom is 0.140 e. The Bertz CT molecular complexity index is 662. The van der Waals surface area contributed by atoms with Gasteiger partial charge in [0.1, 0.15) is 17.4 Å². The Hall–Kier alpha value is -1.39. The molecular formula is C15H12BrNOS. The molecule has 0 fully saturated rings. The molecule has 0 aliphatic heterocycles. The van der Waals surface area contributed by atoms with Gasteiger partial charge in [-0.25, -0.2) is 4.98 Å². The summed E-state index contributed by atoms with van der Waals surface area (Å²) in [6, 6.07) is 16.2. The molecule has 3 aromatic rings. The van der Waals surface area contributed by atoms with Crippen LogP contribution in [0, 0.1) is 0 Å². The zero-order chi connectivity index (χ0) is 13.1. The number of benzene rings is 2. The van der Waals surface area contributed by atoms with Gasteiger partial charge in [0.15, 0.2) is 0 Å². The Morgan fingerprint density at radius 1 is 1.05 bits per heavy atom. The summed E-state index contributed by atoms with van der Waals surface area (Å²) >= 11 is 5.15. The van der Waals surface area contributed by atoms with E-state index in [4.69, 9.17) is 4.74 Å². The molecule has 19 heavy (non-hydrogen) atoms. The SMILES string of the molecule is BrCc1ccccc1OCc1nc2ccccc2s1. The molecule has 0 saturated carbocycles. The highest BCUT2D eigenvalue weighted by molar-refractivity contribution is 9.08. The first kappa shape index (κ1) is 12.6. The standard InChI is InChI=1S/C15H12BrNOS/c16-9-11-5-1-3-7-13(11)18-10-15-17-12-6-2-4-8-14(12)19-15/h1-8H,9-10H2. The average Bonchev–Trinajstić information content (AvgIpc) is 2.88. The summed E-state index contributed by atoms with van der Waals surface area (Å²) in [7, 11) is 0. The van der Waals surface area contributed by atoms with Crippen LogP contribution in [0.5, 0.6) is 5.75 Å². The van der Waals surface area contributed by atoms with Crippen LogP contribution in [0.4, 0.5) is 0 Å². The highest BCUT2D eigenvalue weighted by Crippen LogP contribution is 2.25. The van der Waals surface area contributed by atoms with E-state index < -0.39 is 0 Å². The van der Waals surface area contributed by atoms with E-state index in [9.17, 15) is 0 Å². The van der Waals surface area contributed by atoms with Gasteiger partial charge in [0.05, 0.1) is 10.2 Å². The summed E-state index contributed by atoms with van der Waals surface area (Å²) in [6.45, 7) is 0.517. The Kier molecular flexibility index (Phi) is 3.80. The van der Waals surface area contributed by atoms with Crippen molar-refractivity contribution < 1.29 is 4.74 Å². The van der Waals surface area contributed by atoms with Gasteiger partial charge in [-0.05, 0) is 18.2 Å². The molecule has 1 aromatic heterocycles. The second-order valence-electron chi connectivity index (χ2n) is 4.11. The molecule has 2 aromatic carbocycles. The van der Waals surface area contributed by atoms with Crippen LogP contribution in [0.25, 0.3) is 10.2 Å². The number of halogens is 1. The van der Waals surface area contributed by atoms with Crippen molar-refractivity contribution in [3.05, 3.63) is 59.1 Å². The molecule has 4 heteroatoms. The minimum atomic E-state index is 0.517. The second kappa shape index (κ2) is 5.72. The maximum absolute atomic E-state index is 5.86. The van der Waals surface area contributed by atoms with Gasteiger partial charge in [-0.3, -0.25) is 0 Å². The highest BCUT2D eigenvalue weighted by Gasteiger charge is 2.06. The number of alkyl halides is 1. The molecular weight excluding hydrogens is 322 g/mol. The van der Waals surface area contributed by atoms with Gasteiger partial charge in [0, 0.05) is 10.9 Å². The highest BCUT2D eigenvalue weighted by atomic mass is 79.9. The number of hydrogen-bond donors (Lipinski definition) is 0. The molecule has 3 rings (SSSR count). The maximum atomic E-state index is 5.86. The van der Waals surface area contributed by atoms with Gasteiger partial charge in [0.2, 0.25) is 0 Å².